The van der Waals surface area contributed by atoms with Crippen molar-refractivity contribution in [3.8, 4) is 0 Å². The van der Waals surface area contributed by atoms with Gasteiger partial charge in [-0.3, -0.25) is 0 Å². The summed E-state index contributed by atoms with van der Waals surface area (Å²) < 4.78 is 63.2. The third-order valence-corrected chi connectivity index (χ3v) is 18.9. The van der Waals surface area contributed by atoms with Crippen molar-refractivity contribution in [3.05, 3.63) is 22.5 Å². The maximum Gasteiger partial charge on any atom is 0.361 e. The number of aromatic nitrogens is 3. The molecule has 14 nitrogen and oxygen atoms in total. The number of hydrogen-bond acceptors (Lipinski definition) is 13. The van der Waals surface area contributed by atoms with Gasteiger partial charge in [0.1, 0.15) is 12.2 Å². The predicted molar refractivity (Wildman–Crippen MR) is 166 cm³/mol. The summed E-state index contributed by atoms with van der Waals surface area (Å²) in [6.07, 6.45) is -3.74. The highest BCUT2D eigenvalue weighted by molar-refractivity contribution is 7.90. The van der Waals surface area contributed by atoms with Crippen molar-refractivity contribution in [3.63, 3.8) is 0 Å². The summed E-state index contributed by atoms with van der Waals surface area (Å²) in [5, 5.41) is 8.38. The van der Waals surface area contributed by atoms with E-state index in [4.69, 9.17) is 33.0 Å². The first-order valence-corrected chi connectivity index (χ1v) is 21.9. The molecule has 1 aromatic heterocycles. The molecule has 4 atom stereocenters. The van der Waals surface area contributed by atoms with E-state index in [9.17, 15) is 18.0 Å². The highest BCUT2D eigenvalue weighted by Gasteiger charge is 2.68. The second-order valence-corrected chi connectivity index (χ2v) is 25.0. The topological polar surface area (TPSA) is 180 Å². The lowest BCUT2D eigenvalue weighted by Crippen LogP contribution is -2.59. The number of ether oxygens (including phenoxy) is 3. The van der Waals surface area contributed by atoms with Crippen LogP contribution in [0.15, 0.2) is 11.1 Å². The third kappa shape index (κ3) is 6.68. The SMILES string of the molecule is CCOC(=O)c1nnn([C@@H]2O[C@H](CO[Si](C)(C)C(C)(C)C)C3(OS(=O)(=O)C=C3N)[C@H]2O[Si](C)(C)C(C)(C)C)c1C(=O)OCC. The van der Waals surface area contributed by atoms with Gasteiger partial charge in [-0.05, 0) is 50.1 Å². The molecule has 1 fully saturated rings. The molecule has 1 unspecified atom stereocenters. The Hall–Kier alpha value is -2.16. The summed E-state index contributed by atoms with van der Waals surface area (Å²) in [6, 6.07) is 0. The molecule has 0 amide bonds. The number of carbonyl (C=O) groups is 2. The van der Waals surface area contributed by atoms with E-state index < -0.39 is 68.4 Å². The van der Waals surface area contributed by atoms with Gasteiger partial charge in [0.25, 0.3) is 10.1 Å². The molecule has 2 aliphatic heterocycles. The Kier molecular flexibility index (Phi) is 10.1. The van der Waals surface area contributed by atoms with Gasteiger partial charge >= 0.3 is 11.9 Å². The van der Waals surface area contributed by atoms with Crippen molar-refractivity contribution in [2.75, 3.05) is 19.8 Å². The van der Waals surface area contributed by atoms with E-state index in [1.54, 1.807) is 13.8 Å². The van der Waals surface area contributed by atoms with Gasteiger partial charge in [-0.25, -0.2) is 18.5 Å². The van der Waals surface area contributed by atoms with E-state index in [1.165, 1.54) is 0 Å². The summed E-state index contributed by atoms with van der Waals surface area (Å²) in [4.78, 5) is 26.1. The van der Waals surface area contributed by atoms with Crippen molar-refractivity contribution in [2.45, 2.75) is 116 Å². The average Bonchev–Trinajstić information content (AvgIpc) is 3.49. The lowest BCUT2D eigenvalue weighted by Gasteiger charge is -2.43. The summed E-state index contributed by atoms with van der Waals surface area (Å²) >= 11 is 0. The van der Waals surface area contributed by atoms with Crippen LogP contribution in [0, 0.1) is 0 Å². The molecule has 1 spiro atoms. The number of nitrogens with zero attached hydrogens (tertiary/aromatic N) is 3. The molecule has 0 aliphatic carbocycles. The van der Waals surface area contributed by atoms with Crippen molar-refractivity contribution in [2.24, 2.45) is 5.73 Å². The monoisotopic (exact) mass is 676 g/mol. The van der Waals surface area contributed by atoms with Crippen LogP contribution in [-0.4, -0.2) is 89.6 Å². The fourth-order valence-electron chi connectivity index (χ4n) is 4.39. The van der Waals surface area contributed by atoms with Crippen LogP contribution in [0.3, 0.4) is 0 Å². The van der Waals surface area contributed by atoms with Gasteiger partial charge in [-0.2, -0.15) is 8.42 Å². The highest BCUT2D eigenvalue weighted by atomic mass is 32.2. The van der Waals surface area contributed by atoms with Gasteiger partial charge in [0.05, 0.1) is 30.9 Å². The van der Waals surface area contributed by atoms with E-state index in [2.05, 4.69) is 31.1 Å². The Morgan fingerprint density at radius 1 is 1.00 bits per heavy atom. The van der Waals surface area contributed by atoms with E-state index in [0.29, 0.717) is 0 Å². The lowest BCUT2D eigenvalue weighted by atomic mass is 9.89. The van der Waals surface area contributed by atoms with Crippen LogP contribution < -0.4 is 5.73 Å². The van der Waals surface area contributed by atoms with E-state index in [1.807, 2.05) is 47.0 Å². The highest BCUT2D eigenvalue weighted by Crippen LogP contribution is 2.52. The van der Waals surface area contributed by atoms with E-state index in [0.717, 1.165) is 10.1 Å². The predicted octanol–water partition coefficient (Wildman–Crippen LogP) is 3.84. The zero-order valence-electron chi connectivity index (χ0n) is 27.8. The van der Waals surface area contributed by atoms with Crippen LogP contribution in [0.5, 0.6) is 0 Å². The molecule has 2 aliphatic rings. The van der Waals surface area contributed by atoms with Crippen LogP contribution in [0.1, 0.15) is 82.6 Å². The van der Waals surface area contributed by atoms with Crippen molar-refractivity contribution >= 4 is 38.7 Å². The number of carbonyl (C=O) groups excluding carboxylic acids is 2. The first-order valence-electron chi connectivity index (χ1n) is 14.7. The van der Waals surface area contributed by atoms with Crippen LogP contribution in [0.2, 0.25) is 36.3 Å². The van der Waals surface area contributed by atoms with Gasteiger partial charge in [0.15, 0.2) is 34.2 Å². The number of hydrogen-bond donors (Lipinski definition) is 1. The van der Waals surface area contributed by atoms with Crippen LogP contribution in [0.25, 0.3) is 0 Å². The molecule has 0 aromatic carbocycles. The largest absolute Gasteiger partial charge is 0.461 e. The number of rotatable bonds is 10. The van der Waals surface area contributed by atoms with Gasteiger partial charge in [-0.15, -0.1) is 5.10 Å². The molecule has 0 bridgehead atoms. The zero-order chi connectivity index (χ0) is 33.7. The molecular formula is C27H48N4O10SSi2. The van der Waals surface area contributed by atoms with Crippen molar-refractivity contribution in [1.29, 1.82) is 0 Å². The minimum atomic E-state index is -4.27. The summed E-state index contributed by atoms with van der Waals surface area (Å²) in [5.74, 6) is -1.80. The normalized spacial score (nSPS) is 25.7. The molecule has 3 rings (SSSR count). The molecule has 1 saturated heterocycles. The molecular weight excluding hydrogens is 629 g/mol. The Labute approximate surface area is 262 Å². The minimum absolute atomic E-state index is 0.00828. The Morgan fingerprint density at radius 3 is 2.02 bits per heavy atom. The van der Waals surface area contributed by atoms with Gasteiger partial charge in [0, 0.05) is 0 Å². The number of esters is 2. The van der Waals surface area contributed by atoms with Gasteiger partial charge < -0.3 is 28.8 Å². The fourth-order valence-corrected chi connectivity index (χ4v) is 7.89. The molecule has 17 heteroatoms. The standard InChI is InChI=1S/C27H48N4O10SSi2/c1-13-36-23(32)19-20(24(33)37-14-2)31(30-29-19)22-21(40-44(11,12)26(6,7)8)27(17(28)16-42(34,35)41-27)18(39-22)15-38-43(9,10)25(3,4)5/h16,18,21-22H,13-15,28H2,1-12H3/t18-,21+,22-,27?/m1/s1. The van der Waals surface area contributed by atoms with Crippen molar-refractivity contribution in [1.82, 2.24) is 15.0 Å². The quantitative estimate of drug-likeness (QED) is 0.215. The van der Waals surface area contributed by atoms with Crippen LogP contribution in [0.4, 0.5) is 0 Å². The third-order valence-electron chi connectivity index (χ3n) is 8.94. The smallest absolute Gasteiger partial charge is 0.361 e. The maximum absolute atomic E-state index is 13.3. The summed E-state index contributed by atoms with van der Waals surface area (Å²) in [7, 11) is -9.43. The Bertz CT molecular complexity index is 1400. The molecule has 0 saturated carbocycles. The first kappa shape index (κ1) is 36.3. The molecule has 0 radical (unpaired) electrons. The van der Waals surface area contributed by atoms with E-state index in [-0.39, 0.29) is 41.3 Å². The van der Waals surface area contributed by atoms with E-state index >= 15 is 0 Å². The lowest BCUT2D eigenvalue weighted by molar-refractivity contribution is -0.0607. The maximum atomic E-state index is 13.3. The fraction of sp³-hybridized carbons (Fsp3) is 0.778. The van der Waals surface area contributed by atoms with Gasteiger partial charge in [-0.1, -0.05) is 46.8 Å². The summed E-state index contributed by atoms with van der Waals surface area (Å²) in [6.45, 7) is 23.4. The minimum Gasteiger partial charge on any atom is -0.461 e. The van der Waals surface area contributed by atoms with Crippen LogP contribution >= 0.6 is 0 Å². The molecule has 3 heterocycles. The second-order valence-electron chi connectivity index (χ2n) is 14.0. The van der Waals surface area contributed by atoms with Crippen LogP contribution in [-0.2, 0) is 37.4 Å². The molecule has 2 N–H and O–H groups in total. The molecule has 250 valence electrons. The average molecular weight is 677 g/mol. The Balaban J connectivity index is 2.30. The van der Waals surface area contributed by atoms with Gasteiger partial charge in [0.2, 0.25) is 5.69 Å². The zero-order valence-corrected chi connectivity index (χ0v) is 30.7. The van der Waals surface area contributed by atoms with Crippen molar-refractivity contribution < 1.29 is 45.3 Å². The molecule has 1 aromatic rings. The summed E-state index contributed by atoms with van der Waals surface area (Å²) in [5.41, 5.74) is 3.76. The Morgan fingerprint density at radius 2 is 1.55 bits per heavy atom. The molecule has 44 heavy (non-hydrogen) atoms. The first-order chi connectivity index (χ1) is 20.0. The number of nitrogens with two attached hydrogens (primary N) is 1. The second kappa shape index (κ2) is 12.2.